The van der Waals surface area contributed by atoms with E-state index in [1.165, 1.54) is 0 Å². The molecule has 3 nitrogen and oxygen atoms in total. The molecule has 2 amide bonds. The number of likely N-dealkylation sites (tertiary alicyclic amines) is 1. The molecule has 1 heterocycles. The Labute approximate surface area is 135 Å². The average molecular weight is 315 g/mol. The van der Waals surface area contributed by atoms with Crippen LogP contribution in [0.2, 0.25) is 5.02 Å². The van der Waals surface area contributed by atoms with Crippen molar-refractivity contribution in [2.24, 2.45) is 0 Å². The smallest absolute Gasteiger partial charge is 0.318 e. The monoisotopic (exact) mass is 314 g/mol. The van der Waals surface area contributed by atoms with Gasteiger partial charge in [0.25, 0.3) is 0 Å². The van der Waals surface area contributed by atoms with Crippen LogP contribution < -0.4 is 5.32 Å². The van der Waals surface area contributed by atoms with Crippen molar-refractivity contribution < 1.29 is 4.79 Å². The standard InChI is InChI=1S/C18H19ClN2O/c19-16-10-8-15(9-11-16)17-7-4-12-21(17)18(22)20-13-14-5-2-1-3-6-14/h1-3,5-6,8-11,17H,4,7,12-13H2,(H,20,22)/t17-/m0/s1. The number of carbonyl (C=O) groups is 1. The average Bonchev–Trinajstić information content (AvgIpc) is 3.04. The number of benzene rings is 2. The molecule has 1 fully saturated rings. The summed E-state index contributed by atoms with van der Waals surface area (Å²) < 4.78 is 0. The second-order valence-corrected chi connectivity index (χ2v) is 5.98. The van der Waals surface area contributed by atoms with E-state index >= 15 is 0 Å². The van der Waals surface area contributed by atoms with Crippen LogP contribution in [0.5, 0.6) is 0 Å². The predicted molar refractivity (Wildman–Crippen MR) is 88.8 cm³/mol. The number of carbonyl (C=O) groups excluding carboxylic acids is 1. The number of urea groups is 1. The Bertz CT molecular complexity index is 627. The van der Waals surface area contributed by atoms with E-state index in [2.05, 4.69) is 5.32 Å². The third-order valence-electron chi connectivity index (χ3n) is 4.06. The van der Waals surface area contributed by atoms with Gasteiger partial charge in [0.05, 0.1) is 6.04 Å². The van der Waals surface area contributed by atoms with E-state index in [4.69, 9.17) is 11.6 Å². The van der Waals surface area contributed by atoms with Crippen molar-refractivity contribution in [3.63, 3.8) is 0 Å². The van der Waals surface area contributed by atoms with Gasteiger partial charge < -0.3 is 10.2 Å². The maximum Gasteiger partial charge on any atom is 0.318 e. The van der Waals surface area contributed by atoms with Crippen molar-refractivity contribution in [2.75, 3.05) is 6.54 Å². The number of hydrogen-bond acceptors (Lipinski definition) is 1. The molecule has 0 bridgehead atoms. The third-order valence-corrected chi connectivity index (χ3v) is 4.31. The second-order valence-electron chi connectivity index (χ2n) is 5.55. The van der Waals surface area contributed by atoms with Gasteiger partial charge in [0.1, 0.15) is 0 Å². The van der Waals surface area contributed by atoms with Gasteiger partial charge in [0.2, 0.25) is 0 Å². The summed E-state index contributed by atoms with van der Waals surface area (Å²) in [7, 11) is 0. The molecule has 0 aromatic heterocycles. The molecule has 4 heteroatoms. The molecule has 1 atom stereocenters. The topological polar surface area (TPSA) is 32.3 Å². The SMILES string of the molecule is O=C(NCc1ccccc1)N1CCC[C@H]1c1ccc(Cl)cc1. The Balaban J connectivity index is 1.65. The lowest BCUT2D eigenvalue weighted by Gasteiger charge is -2.25. The molecule has 2 aromatic carbocycles. The number of halogens is 1. The van der Waals surface area contributed by atoms with Gasteiger partial charge >= 0.3 is 6.03 Å². The molecule has 2 aromatic rings. The molecule has 0 aliphatic carbocycles. The minimum absolute atomic E-state index is 0.00121. The maximum atomic E-state index is 12.5. The first-order valence-corrected chi connectivity index (χ1v) is 7.96. The Morgan fingerprint density at radius 3 is 2.59 bits per heavy atom. The fraction of sp³-hybridized carbons (Fsp3) is 0.278. The molecule has 1 saturated heterocycles. The predicted octanol–water partition coefficient (Wildman–Crippen LogP) is 4.39. The van der Waals surface area contributed by atoms with Gasteiger partial charge in [-0.05, 0) is 36.1 Å². The Hall–Kier alpha value is -2.00. The molecule has 1 N–H and O–H groups in total. The minimum Gasteiger partial charge on any atom is -0.334 e. The molecule has 1 aliphatic rings. The summed E-state index contributed by atoms with van der Waals surface area (Å²) in [6.07, 6.45) is 2.03. The highest BCUT2D eigenvalue weighted by Gasteiger charge is 2.29. The normalized spacial score (nSPS) is 17.5. The fourth-order valence-electron chi connectivity index (χ4n) is 2.92. The van der Waals surface area contributed by atoms with Gasteiger partial charge in [0, 0.05) is 18.1 Å². The van der Waals surface area contributed by atoms with Crippen LogP contribution in [0.15, 0.2) is 54.6 Å². The fourth-order valence-corrected chi connectivity index (χ4v) is 3.04. The highest BCUT2D eigenvalue weighted by molar-refractivity contribution is 6.30. The zero-order chi connectivity index (χ0) is 15.4. The van der Waals surface area contributed by atoms with Gasteiger partial charge in [-0.3, -0.25) is 0 Å². The summed E-state index contributed by atoms with van der Waals surface area (Å²) in [5, 5.41) is 3.74. The van der Waals surface area contributed by atoms with E-state index < -0.39 is 0 Å². The van der Waals surface area contributed by atoms with Crippen molar-refractivity contribution >= 4 is 17.6 Å². The lowest BCUT2D eigenvalue weighted by molar-refractivity contribution is 0.192. The maximum absolute atomic E-state index is 12.5. The Morgan fingerprint density at radius 1 is 1.14 bits per heavy atom. The quantitative estimate of drug-likeness (QED) is 0.895. The lowest BCUT2D eigenvalue weighted by atomic mass is 10.1. The molecule has 0 radical (unpaired) electrons. The van der Waals surface area contributed by atoms with E-state index in [0.717, 1.165) is 35.5 Å². The summed E-state index contributed by atoms with van der Waals surface area (Å²) in [4.78, 5) is 14.4. The third kappa shape index (κ3) is 3.42. The van der Waals surface area contributed by atoms with Crippen LogP contribution in [-0.2, 0) is 6.54 Å². The van der Waals surface area contributed by atoms with Gasteiger partial charge in [0.15, 0.2) is 0 Å². The second kappa shape index (κ2) is 6.84. The van der Waals surface area contributed by atoms with E-state index in [1.54, 1.807) is 0 Å². The number of rotatable bonds is 3. The molecule has 0 spiro atoms. The van der Waals surface area contributed by atoms with Gasteiger partial charge in [-0.2, -0.15) is 0 Å². The van der Waals surface area contributed by atoms with Crippen molar-refractivity contribution in [1.29, 1.82) is 0 Å². The van der Waals surface area contributed by atoms with Crippen LogP contribution in [0.25, 0.3) is 0 Å². The van der Waals surface area contributed by atoms with Crippen LogP contribution in [0, 0.1) is 0 Å². The molecular weight excluding hydrogens is 296 g/mol. The van der Waals surface area contributed by atoms with Crippen LogP contribution >= 0.6 is 11.6 Å². The Kier molecular flexibility index (Phi) is 4.64. The van der Waals surface area contributed by atoms with Crippen LogP contribution in [0.4, 0.5) is 4.79 Å². The first kappa shape index (κ1) is 14.9. The molecular formula is C18H19ClN2O. The minimum atomic E-state index is 0.00121. The van der Waals surface area contributed by atoms with Gasteiger partial charge in [-0.15, -0.1) is 0 Å². The zero-order valence-corrected chi connectivity index (χ0v) is 13.1. The zero-order valence-electron chi connectivity index (χ0n) is 12.3. The van der Waals surface area contributed by atoms with Crippen molar-refractivity contribution in [2.45, 2.75) is 25.4 Å². The van der Waals surface area contributed by atoms with Crippen molar-refractivity contribution in [1.82, 2.24) is 10.2 Å². The summed E-state index contributed by atoms with van der Waals surface area (Å²) >= 11 is 5.94. The van der Waals surface area contributed by atoms with E-state index in [1.807, 2.05) is 59.5 Å². The van der Waals surface area contributed by atoms with E-state index in [-0.39, 0.29) is 12.1 Å². The first-order chi connectivity index (χ1) is 10.7. The van der Waals surface area contributed by atoms with Gasteiger partial charge in [-0.1, -0.05) is 54.1 Å². The van der Waals surface area contributed by atoms with Crippen LogP contribution in [0.1, 0.15) is 30.0 Å². The molecule has 0 unspecified atom stereocenters. The largest absolute Gasteiger partial charge is 0.334 e. The van der Waals surface area contributed by atoms with Crippen molar-refractivity contribution in [3.8, 4) is 0 Å². The highest BCUT2D eigenvalue weighted by atomic mass is 35.5. The summed E-state index contributed by atoms with van der Waals surface area (Å²) in [5.74, 6) is 0. The first-order valence-electron chi connectivity index (χ1n) is 7.58. The molecule has 22 heavy (non-hydrogen) atoms. The molecule has 3 rings (SSSR count). The summed E-state index contributed by atoms with van der Waals surface area (Å²) in [5.41, 5.74) is 2.26. The number of hydrogen-bond donors (Lipinski definition) is 1. The number of nitrogens with zero attached hydrogens (tertiary/aromatic N) is 1. The summed E-state index contributed by atoms with van der Waals surface area (Å²) in [6, 6.07) is 17.9. The number of amides is 2. The molecule has 1 aliphatic heterocycles. The van der Waals surface area contributed by atoms with E-state index in [0.29, 0.717) is 6.54 Å². The molecule has 114 valence electrons. The molecule has 0 saturated carbocycles. The lowest BCUT2D eigenvalue weighted by Crippen LogP contribution is -2.39. The number of nitrogens with one attached hydrogen (secondary N) is 1. The highest BCUT2D eigenvalue weighted by Crippen LogP contribution is 2.32. The van der Waals surface area contributed by atoms with Crippen molar-refractivity contribution in [3.05, 3.63) is 70.7 Å². The summed E-state index contributed by atoms with van der Waals surface area (Å²) in [6.45, 7) is 1.36. The van der Waals surface area contributed by atoms with E-state index in [9.17, 15) is 4.79 Å². The van der Waals surface area contributed by atoms with Crippen LogP contribution in [0.3, 0.4) is 0 Å². The van der Waals surface area contributed by atoms with Crippen LogP contribution in [-0.4, -0.2) is 17.5 Å². The Morgan fingerprint density at radius 2 is 1.86 bits per heavy atom. The van der Waals surface area contributed by atoms with Gasteiger partial charge in [-0.25, -0.2) is 4.79 Å².